The largest absolute Gasteiger partial charge is 0.462 e. The monoisotopic (exact) mass is 427 g/mol. The molecular weight excluding hydrogens is 402 g/mol. The number of dihydropyridines is 1. The second-order valence-corrected chi connectivity index (χ2v) is 7.49. The first-order chi connectivity index (χ1) is 14.7. The van der Waals surface area contributed by atoms with Gasteiger partial charge in [-0.05, 0) is 19.8 Å². The van der Waals surface area contributed by atoms with Gasteiger partial charge in [0, 0.05) is 23.0 Å². The van der Waals surface area contributed by atoms with Crippen molar-refractivity contribution in [1.82, 2.24) is 5.32 Å². The van der Waals surface area contributed by atoms with Gasteiger partial charge in [0.2, 0.25) is 0 Å². The Kier molecular flexibility index (Phi) is 7.91. The molecule has 1 N–H and O–H groups in total. The summed E-state index contributed by atoms with van der Waals surface area (Å²) in [6, 6.07) is 7.82. The van der Waals surface area contributed by atoms with Crippen molar-refractivity contribution in [2.75, 3.05) is 13.2 Å². The number of nitrogens with one attached hydrogen (secondary N) is 1. The fourth-order valence-electron chi connectivity index (χ4n) is 3.33. The smallest absolute Gasteiger partial charge is 0.336 e. The summed E-state index contributed by atoms with van der Waals surface area (Å²) < 4.78 is 10.6. The van der Waals surface area contributed by atoms with Gasteiger partial charge in [-0.3, -0.25) is 10.1 Å². The summed E-state index contributed by atoms with van der Waals surface area (Å²) in [6.45, 7) is 7.07. The Morgan fingerprint density at radius 1 is 1.16 bits per heavy atom. The van der Waals surface area contributed by atoms with E-state index < -0.39 is 22.8 Å². The molecule has 1 aromatic rings. The Balaban J connectivity index is 2.63. The number of rotatable bonds is 8. The highest BCUT2D eigenvalue weighted by Crippen LogP contribution is 2.42. The van der Waals surface area contributed by atoms with E-state index in [1.807, 2.05) is 19.9 Å². The van der Waals surface area contributed by atoms with Gasteiger partial charge in [-0.15, -0.1) is 0 Å². The minimum Gasteiger partial charge on any atom is -0.462 e. The number of esters is 2. The average Bonchev–Trinajstić information content (AvgIpc) is 2.71. The molecule has 1 unspecified atom stereocenters. The fraction of sp³-hybridized carbons (Fsp3) is 0.409. The van der Waals surface area contributed by atoms with Crippen molar-refractivity contribution in [1.29, 1.82) is 5.26 Å². The molecule has 1 aliphatic heterocycles. The van der Waals surface area contributed by atoms with E-state index in [1.165, 1.54) is 18.2 Å². The van der Waals surface area contributed by atoms with Crippen LogP contribution in [0.5, 0.6) is 0 Å². The van der Waals surface area contributed by atoms with Crippen molar-refractivity contribution in [3.8, 4) is 6.07 Å². The number of nitro groups is 1. The third kappa shape index (κ3) is 5.48. The van der Waals surface area contributed by atoms with E-state index in [-0.39, 0.29) is 47.9 Å². The number of hydrogen-bond donors (Lipinski definition) is 1. The molecule has 0 saturated heterocycles. The number of nitriles is 1. The van der Waals surface area contributed by atoms with Gasteiger partial charge in [0.15, 0.2) is 0 Å². The third-order valence-corrected chi connectivity index (χ3v) is 4.64. The summed E-state index contributed by atoms with van der Waals surface area (Å²) >= 11 is 0. The normalized spacial score (nSPS) is 15.9. The lowest BCUT2D eigenvalue weighted by Crippen LogP contribution is -2.33. The van der Waals surface area contributed by atoms with Crippen LogP contribution in [0.25, 0.3) is 0 Å². The number of carbonyl (C=O) groups is 2. The van der Waals surface area contributed by atoms with Gasteiger partial charge in [0.1, 0.15) is 6.61 Å². The van der Waals surface area contributed by atoms with Crippen LogP contribution in [0.15, 0.2) is 46.8 Å². The summed E-state index contributed by atoms with van der Waals surface area (Å²) in [7, 11) is 0. The molecule has 0 radical (unpaired) electrons. The first kappa shape index (κ1) is 23.6. The van der Waals surface area contributed by atoms with Gasteiger partial charge in [-0.2, -0.15) is 5.26 Å². The minimum absolute atomic E-state index is 0.000197. The van der Waals surface area contributed by atoms with Gasteiger partial charge >= 0.3 is 11.9 Å². The number of ether oxygens (including phenoxy) is 2. The Labute approximate surface area is 180 Å². The van der Waals surface area contributed by atoms with Crippen LogP contribution >= 0.6 is 0 Å². The van der Waals surface area contributed by atoms with Crippen LogP contribution < -0.4 is 5.32 Å². The van der Waals surface area contributed by atoms with E-state index in [0.717, 1.165) is 0 Å². The van der Waals surface area contributed by atoms with Gasteiger partial charge in [-0.1, -0.05) is 32.0 Å². The molecule has 1 atom stereocenters. The summed E-state index contributed by atoms with van der Waals surface area (Å²) in [4.78, 5) is 37.1. The van der Waals surface area contributed by atoms with Crippen LogP contribution in [0.2, 0.25) is 0 Å². The predicted octanol–water partition coefficient (Wildman–Crippen LogP) is 3.49. The predicted molar refractivity (Wildman–Crippen MR) is 111 cm³/mol. The molecule has 0 aromatic heterocycles. The molecule has 0 fully saturated rings. The van der Waals surface area contributed by atoms with E-state index in [0.29, 0.717) is 11.4 Å². The lowest BCUT2D eigenvalue weighted by Gasteiger charge is -2.30. The lowest BCUT2D eigenvalue weighted by molar-refractivity contribution is -0.385. The van der Waals surface area contributed by atoms with Crippen molar-refractivity contribution < 1.29 is 24.0 Å². The Morgan fingerprint density at radius 2 is 1.74 bits per heavy atom. The molecular formula is C22H25N3O6. The van der Waals surface area contributed by atoms with Crippen LogP contribution in [0.1, 0.15) is 45.6 Å². The van der Waals surface area contributed by atoms with Crippen molar-refractivity contribution in [3.63, 3.8) is 0 Å². The molecule has 0 bridgehead atoms. The highest BCUT2D eigenvalue weighted by atomic mass is 16.6. The summed E-state index contributed by atoms with van der Waals surface area (Å²) in [5, 5.41) is 23.4. The summed E-state index contributed by atoms with van der Waals surface area (Å²) in [5.41, 5.74) is 0.955. The SMILES string of the molecule is CC1=C(C(=O)OCCC#N)C(c2ccccc2[N+](=O)[O-])C(C(=O)OCC(C)C)=C(C)N1. The molecule has 1 heterocycles. The second kappa shape index (κ2) is 10.4. The number of allylic oxidation sites excluding steroid dienone is 2. The van der Waals surface area contributed by atoms with Crippen LogP contribution in [-0.4, -0.2) is 30.1 Å². The molecule has 1 aromatic carbocycles. The van der Waals surface area contributed by atoms with Crippen molar-refractivity contribution in [2.24, 2.45) is 5.92 Å². The molecule has 0 amide bonds. The highest BCUT2D eigenvalue weighted by Gasteiger charge is 2.40. The number of nitro benzene ring substituents is 1. The quantitative estimate of drug-likeness (QED) is 0.289. The highest BCUT2D eigenvalue weighted by molar-refractivity contribution is 6.00. The molecule has 9 nitrogen and oxygen atoms in total. The third-order valence-electron chi connectivity index (χ3n) is 4.64. The molecule has 0 spiro atoms. The van der Waals surface area contributed by atoms with E-state index in [2.05, 4.69) is 5.32 Å². The molecule has 2 rings (SSSR count). The summed E-state index contributed by atoms with van der Waals surface area (Å²) in [5.74, 6) is -2.41. The zero-order valence-electron chi connectivity index (χ0n) is 17.9. The Morgan fingerprint density at radius 3 is 2.29 bits per heavy atom. The van der Waals surface area contributed by atoms with Crippen LogP contribution in [0.4, 0.5) is 5.69 Å². The molecule has 9 heteroatoms. The van der Waals surface area contributed by atoms with Gasteiger partial charge in [0.25, 0.3) is 5.69 Å². The Bertz CT molecular complexity index is 987. The standard InChI is InChI=1S/C22H25N3O6/c1-13(2)12-31-22(27)19-15(4)24-14(3)18(21(26)30-11-7-10-23)20(19)16-8-5-6-9-17(16)25(28)29/h5-6,8-9,13,20,24H,7,11-12H2,1-4H3. The van der Waals surface area contributed by atoms with Crippen molar-refractivity contribution >= 4 is 17.6 Å². The molecule has 0 saturated carbocycles. The maximum atomic E-state index is 13.0. The van der Waals surface area contributed by atoms with Gasteiger partial charge in [0.05, 0.1) is 41.1 Å². The maximum Gasteiger partial charge on any atom is 0.336 e. The fourth-order valence-corrected chi connectivity index (χ4v) is 3.33. The number of hydrogen-bond acceptors (Lipinski definition) is 8. The van der Waals surface area contributed by atoms with Crippen LogP contribution in [0, 0.1) is 27.4 Å². The first-order valence-electron chi connectivity index (χ1n) is 9.82. The lowest BCUT2D eigenvalue weighted by atomic mass is 9.79. The maximum absolute atomic E-state index is 13.0. The molecule has 31 heavy (non-hydrogen) atoms. The van der Waals surface area contributed by atoms with Crippen LogP contribution in [0.3, 0.4) is 0 Å². The molecule has 0 aliphatic carbocycles. The molecule has 1 aliphatic rings. The second-order valence-electron chi connectivity index (χ2n) is 7.49. The van der Waals surface area contributed by atoms with E-state index in [9.17, 15) is 19.7 Å². The number of carbonyl (C=O) groups excluding carboxylic acids is 2. The number of benzene rings is 1. The van der Waals surface area contributed by atoms with Gasteiger partial charge < -0.3 is 14.8 Å². The minimum atomic E-state index is -1.06. The number of para-hydroxylation sites is 1. The topological polar surface area (TPSA) is 132 Å². The zero-order chi connectivity index (χ0) is 23.1. The van der Waals surface area contributed by atoms with Crippen molar-refractivity contribution in [2.45, 2.75) is 40.0 Å². The van der Waals surface area contributed by atoms with Gasteiger partial charge in [-0.25, -0.2) is 9.59 Å². The van der Waals surface area contributed by atoms with E-state index in [1.54, 1.807) is 19.9 Å². The number of nitrogens with zero attached hydrogens (tertiary/aromatic N) is 2. The zero-order valence-corrected chi connectivity index (χ0v) is 17.9. The first-order valence-corrected chi connectivity index (χ1v) is 9.82. The molecule has 164 valence electrons. The van der Waals surface area contributed by atoms with E-state index in [4.69, 9.17) is 14.7 Å². The summed E-state index contributed by atoms with van der Waals surface area (Å²) in [6.07, 6.45) is -0.000197. The van der Waals surface area contributed by atoms with E-state index >= 15 is 0 Å². The van der Waals surface area contributed by atoms with Crippen molar-refractivity contribution in [3.05, 3.63) is 62.5 Å². The Hall–Kier alpha value is -3.67. The average molecular weight is 427 g/mol. The van der Waals surface area contributed by atoms with Crippen LogP contribution in [-0.2, 0) is 19.1 Å².